The van der Waals surface area contributed by atoms with Crippen LogP contribution in [-0.4, -0.2) is 42.1 Å². The molecule has 2 atom stereocenters. The maximum atomic E-state index is 13.6. The first-order valence-corrected chi connectivity index (χ1v) is 8.33. The standard InChI is InChI=1S/C20H20FNO4/c1-12-6-7-18(26-2)15(8-12)19(23)22-10-16(17(11-22)20(24)25)13-4-3-5-14(21)9-13/h3-9,16-17H,10-11H2,1-2H3,(H,24,25)/t16-,17+/m1/s1. The van der Waals surface area contributed by atoms with E-state index < -0.39 is 23.6 Å². The van der Waals surface area contributed by atoms with Crippen LogP contribution in [0, 0.1) is 18.7 Å². The molecule has 1 aliphatic rings. The molecule has 1 fully saturated rings. The molecule has 0 aliphatic carbocycles. The molecule has 6 heteroatoms. The second-order valence-corrected chi connectivity index (χ2v) is 6.52. The number of aliphatic carboxylic acids is 1. The second-order valence-electron chi connectivity index (χ2n) is 6.52. The van der Waals surface area contributed by atoms with E-state index in [0.29, 0.717) is 16.9 Å². The maximum absolute atomic E-state index is 13.6. The van der Waals surface area contributed by atoms with Gasteiger partial charge in [0, 0.05) is 19.0 Å². The highest BCUT2D eigenvalue weighted by Crippen LogP contribution is 2.35. The summed E-state index contributed by atoms with van der Waals surface area (Å²) in [5.74, 6) is -2.49. The van der Waals surface area contributed by atoms with Gasteiger partial charge in [-0.15, -0.1) is 0 Å². The van der Waals surface area contributed by atoms with Crippen LogP contribution in [0.2, 0.25) is 0 Å². The molecular formula is C20H20FNO4. The Bertz CT molecular complexity index is 851. The molecule has 1 amide bonds. The largest absolute Gasteiger partial charge is 0.496 e. The Morgan fingerprint density at radius 1 is 1.19 bits per heavy atom. The number of likely N-dealkylation sites (tertiary alicyclic amines) is 1. The summed E-state index contributed by atoms with van der Waals surface area (Å²) in [7, 11) is 1.49. The van der Waals surface area contributed by atoms with Gasteiger partial charge in [0.25, 0.3) is 5.91 Å². The molecule has 1 N–H and O–H groups in total. The summed E-state index contributed by atoms with van der Waals surface area (Å²) in [5, 5.41) is 9.57. The fourth-order valence-electron chi connectivity index (χ4n) is 3.45. The number of amides is 1. The number of carboxylic acid groups (broad SMARTS) is 1. The number of carboxylic acids is 1. The van der Waals surface area contributed by atoms with Crippen LogP contribution in [0.3, 0.4) is 0 Å². The van der Waals surface area contributed by atoms with E-state index >= 15 is 0 Å². The molecule has 1 aliphatic heterocycles. The van der Waals surface area contributed by atoms with E-state index in [2.05, 4.69) is 0 Å². The second kappa shape index (κ2) is 7.15. The van der Waals surface area contributed by atoms with Crippen molar-refractivity contribution >= 4 is 11.9 Å². The molecule has 0 radical (unpaired) electrons. The maximum Gasteiger partial charge on any atom is 0.308 e. The quantitative estimate of drug-likeness (QED) is 0.913. The SMILES string of the molecule is COc1ccc(C)cc1C(=O)N1C[C@H](C(=O)O)[C@@H](c2cccc(F)c2)C1. The van der Waals surface area contributed by atoms with E-state index in [1.165, 1.54) is 24.1 Å². The number of carbonyl (C=O) groups is 2. The zero-order valence-corrected chi connectivity index (χ0v) is 14.6. The average molecular weight is 357 g/mol. The lowest BCUT2D eigenvalue weighted by Gasteiger charge is -2.18. The van der Waals surface area contributed by atoms with Gasteiger partial charge in [0.1, 0.15) is 11.6 Å². The van der Waals surface area contributed by atoms with Crippen LogP contribution >= 0.6 is 0 Å². The third-order valence-corrected chi connectivity index (χ3v) is 4.79. The Hall–Kier alpha value is -2.89. The first-order valence-electron chi connectivity index (χ1n) is 8.33. The first-order chi connectivity index (χ1) is 12.4. The molecule has 2 aromatic carbocycles. The van der Waals surface area contributed by atoms with Crippen molar-refractivity contribution < 1.29 is 23.8 Å². The highest BCUT2D eigenvalue weighted by molar-refractivity contribution is 5.97. The van der Waals surface area contributed by atoms with Crippen molar-refractivity contribution in [3.8, 4) is 5.75 Å². The van der Waals surface area contributed by atoms with Crippen LogP contribution in [0.4, 0.5) is 4.39 Å². The zero-order chi connectivity index (χ0) is 18.8. The van der Waals surface area contributed by atoms with Gasteiger partial charge in [-0.1, -0.05) is 23.8 Å². The minimum atomic E-state index is -0.995. The molecule has 5 nitrogen and oxygen atoms in total. The number of methoxy groups -OCH3 is 1. The highest BCUT2D eigenvalue weighted by Gasteiger charge is 2.41. The van der Waals surface area contributed by atoms with Crippen molar-refractivity contribution in [2.75, 3.05) is 20.2 Å². The van der Waals surface area contributed by atoms with Crippen LogP contribution in [0.25, 0.3) is 0 Å². The number of halogens is 1. The van der Waals surface area contributed by atoms with Gasteiger partial charge < -0.3 is 14.7 Å². The van der Waals surface area contributed by atoms with E-state index in [0.717, 1.165) is 5.56 Å². The summed E-state index contributed by atoms with van der Waals surface area (Å²) in [5.41, 5.74) is 1.89. The molecule has 3 rings (SSSR count). The summed E-state index contributed by atoms with van der Waals surface area (Å²) in [6.45, 7) is 2.17. The lowest BCUT2D eigenvalue weighted by atomic mass is 9.89. The van der Waals surface area contributed by atoms with E-state index in [4.69, 9.17) is 4.74 Å². The van der Waals surface area contributed by atoms with E-state index in [1.54, 1.807) is 24.3 Å². The van der Waals surface area contributed by atoms with E-state index in [1.807, 2.05) is 13.0 Å². The Kier molecular flexibility index (Phi) is 4.93. The van der Waals surface area contributed by atoms with E-state index in [9.17, 15) is 19.1 Å². The summed E-state index contributed by atoms with van der Waals surface area (Å²) >= 11 is 0. The van der Waals surface area contributed by atoms with Crippen LogP contribution < -0.4 is 4.74 Å². The Balaban J connectivity index is 1.92. The van der Waals surface area contributed by atoms with Crippen molar-refractivity contribution in [3.63, 3.8) is 0 Å². The normalized spacial score (nSPS) is 19.4. The highest BCUT2D eigenvalue weighted by atomic mass is 19.1. The summed E-state index contributed by atoms with van der Waals surface area (Å²) in [4.78, 5) is 26.2. The van der Waals surface area contributed by atoms with Crippen molar-refractivity contribution in [2.45, 2.75) is 12.8 Å². The molecule has 2 aromatic rings. The Morgan fingerprint density at radius 3 is 2.62 bits per heavy atom. The van der Waals surface area contributed by atoms with Gasteiger partial charge in [-0.2, -0.15) is 0 Å². The number of benzene rings is 2. The molecular weight excluding hydrogens is 337 g/mol. The Labute approximate surface area is 151 Å². The molecule has 0 spiro atoms. The summed E-state index contributed by atoms with van der Waals surface area (Å²) in [6, 6.07) is 11.2. The number of rotatable bonds is 4. The minimum absolute atomic E-state index is 0.0758. The number of hydrogen-bond acceptors (Lipinski definition) is 3. The number of nitrogens with zero attached hydrogens (tertiary/aromatic N) is 1. The fourth-order valence-corrected chi connectivity index (χ4v) is 3.45. The van der Waals surface area contributed by atoms with Gasteiger partial charge in [0.15, 0.2) is 0 Å². The Morgan fingerprint density at radius 2 is 1.96 bits per heavy atom. The molecule has 0 aromatic heterocycles. The molecule has 136 valence electrons. The van der Waals surface area contributed by atoms with Crippen LogP contribution in [0.15, 0.2) is 42.5 Å². The summed E-state index contributed by atoms with van der Waals surface area (Å²) < 4.78 is 18.8. The van der Waals surface area contributed by atoms with Crippen molar-refractivity contribution in [2.24, 2.45) is 5.92 Å². The van der Waals surface area contributed by atoms with Gasteiger partial charge in [-0.3, -0.25) is 9.59 Å². The summed E-state index contributed by atoms with van der Waals surface area (Å²) in [6.07, 6.45) is 0. The van der Waals surface area contributed by atoms with Crippen LogP contribution in [0.5, 0.6) is 5.75 Å². The third-order valence-electron chi connectivity index (χ3n) is 4.79. The van der Waals surface area contributed by atoms with Gasteiger partial charge >= 0.3 is 5.97 Å². The lowest BCUT2D eigenvalue weighted by Crippen LogP contribution is -2.30. The van der Waals surface area contributed by atoms with Gasteiger partial charge in [0.2, 0.25) is 0 Å². The lowest BCUT2D eigenvalue weighted by molar-refractivity contribution is -0.141. The van der Waals surface area contributed by atoms with Crippen molar-refractivity contribution in [1.82, 2.24) is 4.90 Å². The van der Waals surface area contributed by atoms with E-state index in [-0.39, 0.29) is 19.0 Å². The smallest absolute Gasteiger partial charge is 0.308 e. The third kappa shape index (κ3) is 3.40. The molecule has 26 heavy (non-hydrogen) atoms. The van der Waals surface area contributed by atoms with Gasteiger partial charge in [-0.05, 0) is 36.8 Å². The van der Waals surface area contributed by atoms with Gasteiger partial charge in [0.05, 0.1) is 18.6 Å². The number of hydrogen-bond donors (Lipinski definition) is 1. The number of aryl methyl sites for hydroxylation is 1. The topological polar surface area (TPSA) is 66.8 Å². The van der Waals surface area contributed by atoms with Crippen molar-refractivity contribution in [1.29, 1.82) is 0 Å². The number of ether oxygens (including phenoxy) is 1. The minimum Gasteiger partial charge on any atom is -0.496 e. The molecule has 1 saturated heterocycles. The van der Waals surface area contributed by atoms with Gasteiger partial charge in [-0.25, -0.2) is 4.39 Å². The molecule has 0 bridgehead atoms. The van der Waals surface area contributed by atoms with Crippen LogP contribution in [-0.2, 0) is 4.79 Å². The average Bonchev–Trinajstić information content (AvgIpc) is 3.07. The first kappa shape index (κ1) is 17.9. The predicted octanol–water partition coefficient (Wildman–Crippen LogP) is 3.08. The zero-order valence-electron chi connectivity index (χ0n) is 14.6. The number of carbonyl (C=O) groups excluding carboxylic acids is 1. The molecule has 0 unspecified atom stereocenters. The van der Waals surface area contributed by atoms with Crippen LogP contribution in [0.1, 0.15) is 27.4 Å². The molecule has 0 saturated carbocycles. The molecule has 1 heterocycles. The monoisotopic (exact) mass is 357 g/mol. The predicted molar refractivity (Wildman–Crippen MR) is 93.9 cm³/mol. The fraction of sp³-hybridized carbons (Fsp3) is 0.300. The van der Waals surface area contributed by atoms with Crippen molar-refractivity contribution in [3.05, 3.63) is 65.0 Å².